The Morgan fingerprint density at radius 1 is 1.02 bits per heavy atom. The molecule has 0 aliphatic carbocycles. The van der Waals surface area contributed by atoms with Crippen molar-refractivity contribution in [3.8, 4) is 5.69 Å². The van der Waals surface area contributed by atoms with E-state index in [1.54, 1.807) is 24.3 Å². The molecule has 1 fully saturated rings. The molecule has 0 spiro atoms. The summed E-state index contributed by atoms with van der Waals surface area (Å²) in [7, 11) is 0. The highest BCUT2D eigenvalue weighted by atomic mass is 16.3. The number of fused-ring (bicyclic) bond motifs is 1. The molecule has 1 saturated heterocycles. The number of hydrogen-bond acceptors (Lipinski definition) is 10. The first-order chi connectivity index (χ1) is 19.9. The number of nitrogens with zero attached hydrogens (tertiary/aromatic N) is 6. The molecule has 5 N–H and O–H groups in total. The second kappa shape index (κ2) is 11.9. The number of aliphatic hydroxyl groups excluding tert-OH is 1. The van der Waals surface area contributed by atoms with Gasteiger partial charge in [0.25, 0.3) is 11.5 Å². The number of carbonyl (C=O) groups excluding carboxylic acids is 2. The van der Waals surface area contributed by atoms with Crippen molar-refractivity contribution < 1.29 is 14.7 Å². The molecule has 0 saturated carbocycles. The van der Waals surface area contributed by atoms with Crippen molar-refractivity contribution in [2.24, 2.45) is 5.73 Å². The Balaban J connectivity index is 1.46. The van der Waals surface area contributed by atoms with Crippen molar-refractivity contribution in [1.82, 2.24) is 24.4 Å². The minimum absolute atomic E-state index is 0.0803. The highest BCUT2D eigenvalue weighted by Crippen LogP contribution is 2.24. The summed E-state index contributed by atoms with van der Waals surface area (Å²) in [6, 6.07) is 14.4. The Kier molecular flexibility index (Phi) is 7.99. The average molecular weight is 556 g/mol. The molecule has 13 heteroatoms. The van der Waals surface area contributed by atoms with Gasteiger partial charge >= 0.3 is 0 Å². The van der Waals surface area contributed by atoms with Crippen LogP contribution in [0.25, 0.3) is 16.7 Å². The number of benzene rings is 2. The number of amides is 2. The van der Waals surface area contributed by atoms with Gasteiger partial charge in [0.15, 0.2) is 5.65 Å². The third kappa shape index (κ3) is 6.05. The van der Waals surface area contributed by atoms with Crippen LogP contribution in [-0.4, -0.2) is 80.7 Å². The van der Waals surface area contributed by atoms with E-state index in [0.29, 0.717) is 17.9 Å². The molecule has 0 bridgehead atoms. The minimum atomic E-state index is -0.926. The van der Waals surface area contributed by atoms with Crippen LogP contribution in [0.5, 0.6) is 0 Å². The summed E-state index contributed by atoms with van der Waals surface area (Å²) in [6.45, 7) is 7.81. The van der Waals surface area contributed by atoms with Crippen LogP contribution in [0.2, 0.25) is 0 Å². The molecule has 3 heterocycles. The molecule has 210 valence electrons. The second-order valence-corrected chi connectivity index (χ2v) is 9.34. The Morgan fingerprint density at radius 2 is 1.78 bits per heavy atom. The molecule has 2 aromatic heterocycles. The van der Waals surface area contributed by atoms with Crippen LogP contribution >= 0.6 is 0 Å². The predicted molar refractivity (Wildman–Crippen MR) is 156 cm³/mol. The molecule has 5 rings (SSSR count). The van der Waals surface area contributed by atoms with Crippen LogP contribution in [-0.2, 0) is 4.79 Å². The van der Waals surface area contributed by atoms with Gasteiger partial charge in [-0.15, -0.1) is 0 Å². The zero-order valence-corrected chi connectivity index (χ0v) is 22.2. The van der Waals surface area contributed by atoms with E-state index in [4.69, 9.17) is 10.8 Å². The van der Waals surface area contributed by atoms with E-state index in [-0.39, 0.29) is 29.4 Å². The SMILES string of the molecule is C=CC(=O)Nc1cccc(-n2c(C(N)=O)nc(=O)c3cnc(Nc4ccc(N5CCN(CCO)CC5)cc4)nc32)c1. The number of nitrogens with one attached hydrogen (secondary N) is 2. The van der Waals surface area contributed by atoms with Crippen molar-refractivity contribution in [1.29, 1.82) is 0 Å². The normalized spacial score (nSPS) is 13.6. The number of rotatable bonds is 9. The number of piperazine rings is 1. The molecule has 1 aliphatic rings. The van der Waals surface area contributed by atoms with E-state index in [1.165, 1.54) is 10.8 Å². The Labute approximate surface area is 235 Å². The standard InChI is InChI=1S/C28H29N9O4/c1-2-23(39)31-19-4-3-5-21(16-19)37-25-22(27(41)33-26(37)24(29)40)17-30-28(34-25)32-18-6-8-20(9-7-18)36-12-10-35(11-13-36)14-15-38/h2-9,16-17,38H,1,10-15H2,(H2,29,40)(H,31,39)(H,30,32,34). The van der Waals surface area contributed by atoms with E-state index in [9.17, 15) is 14.4 Å². The van der Waals surface area contributed by atoms with Crippen LogP contribution in [0.4, 0.5) is 23.0 Å². The molecular weight excluding hydrogens is 526 g/mol. The Hall–Kier alpha value is -5.14. The topological polar surface area (TPSA) is 172 Å². The highest BCUT2D eigenvalue weighted by molar-refractivity contribution is 5.99. The minimum Gasteiger partial charge on any atom is -0.395 e. The molecule has 1 aliphatic heterocycles. The zero-order valence-electron chi connectivity index (χ0n) is 22.2. The van der Waals surface area contributed by atoms with Crippen molar-refractivity contribution in [2.75, 3.05) is 54.9 Å². The lowest BCUT2D eigenvalue weighted by molar-refractivity contribution is -0.111. The lowest BCUT2D eigenvalue weighted by Crippen LogP contribution is -2.47. The van der Waals surface area contributed by atoms with Gasteiger partial charge in [0.2, 0.25) is 17.7 Å². The first-order valence-corrected chi connectivity index (χ1v) is 12.9. The number of aliphatic hydroxyl groups is 1. The van der Waals surface area contributed by atoms with E-state index in [1.807, 2.05) is 24.3 Å². The summed E-state index contributed by atoms with van der Waals surface area (Å²) in [6.07, 6.45) is 2.47. The molecule has 41 heavy (non-hydrogen) atoms. The number of aromatic nitrogens is 4. The first-order valence-electron chi connectivity index (χ1n) is 12.9. The molecule has 13 nitrogen and oxygen atoms in total. The fraction of sp³-hybridized carbons (Fsp3) is 0.214. The predicted octanol–water partition coefficient (Wildman–Crippen LogP) is 1.26. The van der Waals surface area contributed by atoms with Gasteiger partial charge in [-0.2, -0.15) is 9.97 Å². The number of β-amino-alcohol motifs (C(OH)–C–C–N with tert-alkyl or cyclic N) is 1. The second-order valence-electron chi connectivity index (χ2n) is 9.34. The summed E-state index contributed by atoms with van der Waals surface area (Å²) in [5, 5.41) is 15.0. The fourth-order valence-corrected chi connectivity index (χ4v) is 4.64. The van der Waals surface area contributed by atoms with Crippen molar-refractivity contribution in [3.05, 3.63) is 83.6 Å². The molecule has 4 aromatic rings. The van der Waals surface area contributed by atoms with Gasteiger partial charge in [0, 0.05) is 56.0 Å². The third-order valence-corrected chi connectivity index (χ3v) is 6.68. The number of anilines is 4. The first kappa shape index (κ1) is 27.4. The van der Waals surface area contributed by atoms with Crippen LogP contribution in [0, 0.1) is 0 Å². The number of nitrogens with two attached hydrogens (primary N) is 1. The quantitative estimate of drug-likeness (QED) is 0.220. The molecule has 2 aromatic carbocycles. The van der Waals surface area contributed by atoms with Crippen LogP contribution < -0.4 is 26.8 Å². The maximum absolute atomic E-state index is 12.7. The van der Waals surface area contributed by atoms with Gasteiger partial charge in [-0.3, -0.25) is 23.9 Å². The summed E-state index contributed by atoms with van der Waals surface area (Å²) in [4.78, 5) is 54.1. The summed E-state index contributed by atoms with van der Waals surface area (Å²) in [5.74, 6) is -1.47. The lowest BCUT2D eigenvalue weighted by atomic mass is 10.2. The van der Waals surface area contributed by atoms with E-state index in [2.05, 4.69) is 42.0 Å². The van der Waals surface area contributed by atoms with E-state index in [0.717, 1.165) is 43.6 Å². The van der Waals surface area contributed by atoms with Gasteiger partial charge in [-0.1, -0.05) is 12.6 Å². The Bertz CT molecular complexity index is 1660. The van der Waals surface area contributed by atoms with Crippen LogP contribution in [0.15, 0.2) is 72.2 Å². The summed E-state index contributed by atoms with van der Waals surface area (Å²) in [5.41, 5.74) is 7.63. The fourth-order valence-electron chi connectivity index (χ4n) is 4.64. The van der Waals surface area contributed by atoms with Gasteiger partial charge in [-0.05, 0) is 48.5 Å². The summed E-state index contributed by atoms with van der Waals surface area (Å²) >= 11 is 0. The Morgan fingerprint density at radius 3 is 2.46 bits per heavy atom. The van der Waals surface area contributed by atoms with Crippen LogP contribution in [0.1, 0.15) is 10.6 Å². The van der Waals surface area contributed by atoms with Gasteiger partial charge in [-0.25, -0.2) is 4.98 Å². The third-order valence-electron chi connectivity index (χ3n) is 6.68. The smallest absolute Gasteiger partial charge is 0.285 e. The van der Waals surface area contributed by atoms with E-state index < -0.39 is 17.4 Å². The zero-order chi connectivity index (χ0) is 28.9. The molecule has 0 unspecified atom stereocenters. The van der Waals surface area contributed by atoms with Crippen molar-refractivity contribution in [3.63, 3.8) is 0 Å². The van der Waals surface area contributed by atoms with Crippen molar-refractivity contribution >= 4 is 45.9 Å². The lowest BCUT2D eigenvalue weighted by Gasteiger charge is -2.35. The summed E-state index contributed by atoms with van der Waals surface area (Å²) < 4.78 is 1.36. The number of carbonyl (C=O) groups is 2. The number of hydrogen-bond donors (Lipinski definition) is 4. The van der Waals surface area contributed by atoms with Gasteiger partial charge in [0.1, 0.15) is 5.39 Å². The maximum atomic E-state index is 12.7. The molecule has 0 atom stereocenters. The largest absolute Gasteiger partial charge is 0.395 e. The van der Waals surface area contributed by atoms with Gasteiger partial charge in [0.05, 0.1) is 12.3 Å². The molecule has 0 radical (unpaired) electrons. The number of primary amides is 1. The monoisotopic (exact) mass is 555 g/mol. The van der Waals surface area contributed by atoms with Crippen molar-refractivity contribution in [2.45, 2.75) is 0 Å². The molecular formula is C28H29N9O4. The van der Waals surface area contributed by atoms with E-state index >= 15 is 0 Å². The van der Waals surface area contributed by atoms with Gasteiger partial charge < -0.3 is 26.4 Å². The highest BCUT2D eigenvalue weighted by Gasteiger charge is 2.20. The molecule has 2 amide bonds. The van der Waals surface area contributed by atoms with Crippen LogP contribution in [0.3, 0.4) is 0 Å². The maximum Gasteiger partial charge on any atom is 0.285 e. The average Bonchev–Trinajstić information content (AvgIpc) is 2.98.